The van der Waals surface area contributed by atoms with Gasteiger partial charge < -0.3 is 20.0 Å². The summed E-state index contributed by atoms with van der Waals surface area (Å²) >= 11 is 6.43. The Morgan fingerprint density at radius 1 is 0.839 bits per heavy atom. The Morgan fingerprint density at radius 2 is 1.39 bits per heavy atom. The number of aromatic nitrogens is 3. The summed E-state index contributed by atoms with van der Waals surface area (Å²) in [6.07, 6.45) is 8.46. The summed E-state index contributed by atoms with van der Waals surface area (Å²) in [6, 6.07) is 1.58. The largest absolute Gasteiger partial charge is 0.506 e. The van der Waals surface area contributed by atoms with Gasteiger partial charge in [0.2, 0.25) is 17.8 Å². The van der Waals surface area contributed by atoms with Crippen molar-refractivity contribution in [1.29, 1.82) is 0 Å². The number of piperidine rings is 2. The van der Waals surface area contributed by atoms with Gasteiger partial charge in [0, 0.05) is 31.7 Å². The zero-order chi connectivity index (χ0) is 21.8. The molecule has 2 saturated heterocycles. The van der Waals surface area contributed by atoms with Crippen LogP contribution < -0.4 is 15.2 Å². The number of phenols is 2. The minimum Gasteiger partial charge on any atom is -0.506 e. The molecular formula is C20H25Br2N7O2. The number of hydrogen-bond donors (Lipinski definition) is 3. The van der Waals surface area contributed by atoms with E-state index < -0.39 is 0 Å². The monoisotopic (exact) mass is 553 g/mol. The van der Waals surface area contributed by atoms with E-state index in [-0.39, 0.29) is 16.0 Å². The molecule has 2 aromatic rings. The van der Waals surface area contributed by atoms with Crippen LogP contribution >= 0.6 is 31.9 Å². The highest BCUT2D eigenvalue weighted by Gasteiger charge is 2.20. The number of aromatic hydroxyl groups is 2. The Kier molecular flexibility index (Phi) is 7.11. The lowest BCUT2D eigenvalue weighted by Gasteiger charge is -2.30. The van der Waals surface area contributed by atoms with Crippen molar-refractivity contribution in [1.82, 2.24) is 15.0 Å². The predicted octanol–water partition coefficient (Wildman–Crippen LogP) is 4.23. The molecule has 2 aliphatic heterocycles. The van der Waals surface area contributed by atoms with Crippen LogP contribution in [-0.2, 0) is 0 Å². The summed E-state index contributed by atoms with van der Waals surface area (Å²) in [4.78, 5) is 18.3. The minimum atomic E-state index is -0.107. The van der Waals surface area contributed by atoms with E-state index in [0.717, 1.165) is 51.9 Å². The number of nitrogens with one attached hydrogen (secondary N) is 1. The van der Waals surface area contributed by atoms with Crippen molar-refractivity contribution in [3.63, 3.8) is 0 Å². The molecule has 0 radical (unpaired) electrons. The first kappa shape index (κ1) is 22.1. The smallest absolute Gasteiger partial charge is 0.250 e. The van der Waals surface area contributed by atoms with Crippen LogP contribution in [0.25, 0.3) is 0 Å². The van der Waals surface area contributed by atoms with Crippen LogP contribution in [-0.4, -0.2) is 57.6 Å². The van der Waals surface area contributed by atoms with Gasteiger partial charge in [-0.25, -0.2) is 5.43 Å². The van der Waals surface area contributed by atoms with Crippen LogP contribution in [0.4, 0.5) is 17.8 Å². The minimum absolute atomic E-state index is 0.0718. The standard InChI is InChI=1S/C20H25Br2N7O2/c21-14-11-13(16(30)15(22)17(14)31)12-23-27-18-24-19(28-7-3-1-4-8-28)26-20(25-18)29-9-5-2-6-10-29/h11-12,30-31H,1-10H2,(H,24,25,26,27)/b23-12-. The number of rotatable bonds is 5. The number of benzene rings is 1. The number of hydrogen-bond acceptors (Lipinski definition) is 9. The molecule has 166 valence electrons. The van der Waals surface area contributed by atoms with Crippen molar-refractivity contribution in [2.45, 2.75) is 38.5 Å². The first-order chi connectivity index (χ1) is 15.0. The van der Waals surface area contributed by atoms with Crippen LogP contribution in [0.1, 0.15) is 44.1 Å². The molecule has 0 saturated carbocycles. The number of hydrazone groups is 1. The molecule has 4 rings (SSSR count). The van der Waals surface area contributed by atoms with Crippen molar-refractivity contribution in [3.8, 4) is 11.5 Å². The number of halogens is 2. The maximum atomic E-state index is 10.2. The molecule has 0 atom stereocenters. The second-order valence-corrected chi connectivity index (χ2v) is 9.33. The SMILES string of the molecule is Oc1c(Br)cc(/C=N\Nc2nc(N3CCCCC3)nc(N3CCCCC3)n2)c(O)c1Br. The molecule has 0 bridgehead atoms. The Labute approximate surface area is 197 Å². The summed E-state index contributed by atoms with van der Waals surface area (Å²) in [5, 5.41) is 24.3. The van der Waals surface area contributed by atoms with Gasteiger partial charge in [0.25, 0.3) is 0 Å². The van der Waals surface area contributed by atoms with Gasteiger partial charge >= 0.3 is 0 Å². The first-order valence-electron chi connectivity index (χ1n) is 10.5. The van der Waals surface area contributed by atoms with Crippen molar-refractivity contribution >= 4 is 55.9 Å². The van der Waals surface area contributed by atoms with Gasteiger partial charge in [-0.15, -0.1) is 0 Å². The zero-order valence-electron chi connectivity index (χ0n) is 17.1. The fourth-order valence-electron chi connectivity index (χ4n) is 3.75. The Balaban J connectivity index is 1.58. The van der Waals surface area contributed by atoms with Gasteiger partial charge in [-0.05, 0) is 76.5 Å². The number of anilines is 3. The molecule has 3 N–H and O–H groups in total. The number of phenolic OH excluding ortho intramolecular Hbond substituents is 2. The highest BCUT2D eigenvalue weighted by atomic mass is 79.9. The van der Waals surface area contributed by atoms with E-state index in [0.29, 0.717) is 27.9 Å². The van der Waals surface area contributed by atoms with E-state index in [2.05, 4.69) is 62.2 Å². The average molecular weight is 555 g/mol. The summed E-state index contributed by atoms with van der Waals surface area (Å²) < 4.78 is 0.641. The summed E-state index contributed by atoms with van der Waals surface area (Å²) in [5.41, 5.74) is 3.30. The quantitative estimate of drug-likeness (QED) is 0.372. The molecular weight excluding hydrogens is 530 g/mol. The third kappa shape index (κ3) is 5.20. The lowest BCUT2D eigenvalue weighted by Crippen LogP contribution is -2.34. The number of nitrogens with zero attached hydrogens (tertiary/aromatic N) is 6. The van der Waals surface area contributed by atoms with Crippen LogP contribution in [0, 0.1) is 0 Å². The van der Waals surface area contributed by atoms with E-state index in [1.165, 1.54) is 19.1 Å². The second kappa shape index (κ2) is 9.99. The highest BCUT2D eigenvalue weighted by molar-refractivity contribution is 9.11. The fourth-order valence-corrected chi connectivity index (χ4v) is 4.90. The normalized spacial score (nSPS) is 17.4. The topological polar surface area (TPSA) is 110 Å². The van der Waals surface area contributed by atoms with Crippen LogP contribution in [0.3, 0.4) is 0 Å². The van der Waals surface area contributed by atoms with E-state index in [1.807, 2.05) is 0 Å². The van der Waals surface area contributed by atoms with Gasteiger partial charge in [-0.2, -0.15) is 20.1 Å². The molecule has 0 spiro atoms. The van der Waals surface area contributed by atoms with Crippen molar-refractivity contribution in [2.75, 3.05) is 41.4 Å². The van der Waals surface area contributed by atoms with Gasteiger partial charge in [0.15, 0.2) is 0 Å². The van der Waals surface area contributed by atoms with E-state index in [4.69, 9.17) is 4.98 Å². The highest BCUT2D eigenvalue weighted by Crippen LogP contribution is 2.40. The Bertz CT molecular complexity index is 925. The second-order valence-electron chi connectivity index (χ2n) is 7.68. The lowest BCUT2D eigenvalue weighted by molar-refractivity contribution is 0.442. The maximum absolute atomic E-state index is 10.2. The van der Waals surface area contributed by atoms with E-state index in [1.54, 1.807) is 6.07 Å². The predicted molar refractivity (Wildman–Crippen MR) is 128 cm³/mol. The third-order valence-electron chi connectivity index (χ3n) is 5.46. The molecule has 9 nitrogen and oxygen atoms in total. The Hall–Kier alpha value is -2.14. The van der Waals surface area contributed by atoms with Gasteiger partial charge in [-0.3, -0.25) is 0 Å². The maximum Gasteiger partial charge on any atom is 0.250 e. The Morgan fingerprint density at radius 3 is 1.94 bits per heavy atom. The van der Waals surface area contributed by atoms with Crippen LogP contribution in [0.15, 0.2) is 20.1 Å². The lowest BCUT2D eigenvalue weighted by atomic mass is 10.1. The van der Waals surface area contributed by atoms with Crippen molar-refractivity contribution in [3.05, 3.63) is 20.6 Å². The molecule has 2 fully saturated rings. The van der Waals surface area contributed by atoms with E-state index >= 15 is 0 Å². The molecule has 0 amide bonds. The summed E-state index contributed by atoms with van der Waals surface area (Å²) in [5.74, 6) is 1.53. The van der Waals surface area contributed by atoms with Gasteiger partial charge in [0.05, 0.1) is 10.7 Å². The molecule has 0 unspecified atom stereocenters. The van der Waals surface area contributed by atoms with Crippen LogP contribution in [0.5, 0.6) is 11.5 Å². The molecule has 31 heavy (non-hydrogen) atoms. The molecule has 11 heteroatoms. The summed E-state index contributed by atoms with van der Waals surface area (Å²) in [6.45, 7) is 3.76. The molecule has 1 aromatic carbocycles. The van der Waals surface area contributed by atoms with Crippen molar-refractivity contribution < 1.29 is 10.2 Å². The van der Waals surface area contributed by atoms with Gasteiger partial charge in [0.1, 0.15) is 16.0 Å². The third-order valence-corrected chi connectivity index (χ3v) is 6.81. The van der Waals surface area contributed by atoms with Crippen molar-refractivity contribution in [2.24, 2.45) is 5.10 Å². The van der Waals surface area contributed by atoms with Crippen LogP contribution in [0.2, 0.25) is 0 Å². The average Bonchev–Trinajstić information content (AvgIpc) is 2.82. The molecule has 2 aliphatic rings. The molecule has 0 aliphatic carbocycles. The fraction of sp³-hybridized carbons (Fsp3) is 0.500. The van der Waals surface area contributed by atoms with E-state index in [9.17, 15) is 10.2 Å². The first-order valence-corrected chi connectivity index (χ1v) is 12.1. The van der Waals surface area contributed by atoms with Gasteiger partial charge in [-0.1, -0.05) is 0 Å². The molecule has 3 heterocycles. The zero-order valence-corrected chi connectivity index (χ0v) is 20.2. The molecule has 1 aromatic heterocycles. The summed E-state index contributed by atoms with van der Waals surface area (Å²) in [7, 11) is 0.